The van der Waals surface area contributed by atoms with Crippen LogP contribution in [0.15, 0.2) is 4.90 Å². The molecule has 0 fully saturated rings. The van der Waals surface area contributed by atoms with Crippen molar-refractivity contribution in [2.45, 2.75) is 44.6 Å². The molecule has 0 unspecified atom stereocenters. The first-order valence-electron chi connectivity index (χ1n) is 6.12. The number of aromatic amines is 1. The summed E-state index contributed by atoms with van der Waals surface area (Å²) >= 11 is 0. The van der Waals surface area contributed by atoms with Crippen molar-refractivity contribution in [3.05, 3.63) is 17.0 Å². The van der Waals surface area contributed by atoms with Crippen LogP contribution in [0.2, 0.25) is 0 Å². The smallest absolute Gasteiger partial charge is 0.352 e. The van der Waals surface area contributed by atoms with Gasteiger partial charge in [-0.15, -0.1) is 0 Å². The molecule has 0 bridgehead atoms. The molecule has 9 heteroatoms. The molecule has 0 atom stereocenters. The number of primary amides is 1. The molecule has 0 saturated heterocycles. The maximum atomic E-state index is 12.4. The van der Waals surface area contributed by atoms with Crippen molar-refractivity contribution in [3.63, 3.8) is 0 Å². The molecule has 118 valence electrons. The van der Waals surface area contributed by atoms with Gasteiger partial charge in [0.25, 0.3) is 0 Å². The molecule has 1 aromatic rings. The minimum absolute atomic E-state index is 0.113. The molecule has 1 rings (SSSR count). The summed E-state index contributed by atoms with van der Waals surface area (Å²) in [6.45, 7) is 5.91. The number of carboxylic acids is 1. The van der Waals surface area contributed by atoms with E-state index in [2.05, 4.69) is 9.71 Å². The monoisotopic (exact) mass is 317 g/mol. The Labute approximate surface area is 122 Å². The van der Waals surface area contributed by atoms with E-state index in [1.54, 1.807) is 0 Å². The molecular weight excluding hydrogens is 298 g/mol. The molecule has 0 aliphatic heterocycles. The minimum Gasteiger partial charge on any atom is -0.477 e. The van der Waals surface area contributed by atoms with Gasteiger partial charge in [0.15, 0.2) is 0 Å². The molecule has 1 aromatic heterocycles. The van der Waals surface area contributed by atoms with Gasteiger partial charge in [-0.3, -0.25) is 4.79 Å². The second-order valence-corrected chi connectivity index (χ2v) is 7.14. The Kier molecular flexibility index (Phi) is 4.49. The number of sulfonamides is 1. The molecular formula is C12H19N3O5S. The molecule has 1 amide bonds. The van der Waals surface area contributed by atoms with Crippen molar-refractivity contribution in [2.75, 3.05) is 0 Å². The van der Waals surface area contributed by atoms with E-state index < -0.39 is 27.4 Å². The predicted molar refractivity (Wildman–Crippen MR) is 75.4 cm³/mol. The topological polar surface area (TPSA) is 142 Å². The van der Waals surface area contributed by atoms with Crippen molar-refractivity contribution in [3.8, 4) is 0 Å². The van der Waals surface area contributed by atoms with Crippen LogP contribution in [0.1, 0.15) is 42.0 Å². The summed E-state index contributed by atoms with van der Waals surface area (Å²) in [5.41, 5.74) is 4.15. The van der Waals surface area contributed by atoms with Crippen LogP contribution in [0.3, 0.4) is 0 Å². The highest BCUT2D eigenvalue weighted by molar-refractivity contribution is 7.89. The van der Waals surface area contributed by atoms with Crippen molar-refractivity contribution in [1.82, 2.24) is 9.71 Å². The van der Waals surface area contributed by atoms with Gasteiger partial charge in [0.05, 0.1) is 0 Å². The summed E-state index contributed by atoms with van der Waals surface area (Å²) in [5.74, 6) is -1.88. The Hall–Kier alpha value is -1.87. The van der Waals surface area contributed by atoms with E-state index in [1.165, 1.54) is 27.7 Å². The fourth-order valence-corrected chi connectivity index (χ4v) is 4.10. The number of carbonyl (C=O) groups excluding carboxylic acids is 1. The number of nitrogens with two attached hydrogens (primary N) is 1. The fraction of sp³-hybridized carbons (Fsp3) is 0.500. The Morgan fingerprint density at radius 1 is 1.33 bits per heavy atom. The van der Waals surface area contributed by atoms with E-state index in [4.69, 9.17) is 10.8 Å². The first-order chi connectivity index (χ1) is 9.37. The lowest BCUT2D eigenvalue weighted by Gasteiger charge is -2.24. The highest BCUT2D eigenvalue weighted by Gasteiger charge is 2.32. The van der Waals surface area contributed by atoms with E-state index in [1.807, 2.05) is 0 Å². The van der Waals surface area contributed by atoms with Crippen molar-refractivity contribution < 1.29 is 23.1 Å². The Morgan fingerprint density at radius 3 is 2.24 bits per heavy atom. The average Bonchev–Trinajstić information content (AvgIpc) is 2.50. The average molecular weight is 317 g/mol. The second-order valence-electron chi connectivity index (χ2n) is 5.52. The quantitative estimate of drug-likeness (QED) is 0.595. The van der Waals surface area contributed by atoms with Gasteiger partial charge in [0.2, 0.25) is 15.9 Å². The molecule has 0 aliphatic carbocycles. The summed E-state index contributed by atoms with van der Waals surface area (Å²) in [6.07, 6.45) is -0.180. The number of carbonyl (C=O) groups is 2. The van der Waals surface area contributed by atoms with Gasteiger partial charge in [-0.1, -0.05) is 0 Å². The summed E-state index contributed by atoms with van der Waals surface area (Å²) in [4.78, 5) is 24.4. The maximum absolute atomic E-state index is 12.4. The Morgan fingerprint density at radius 2 is 1.86 bits per heavy atom. The lowest BCUT2D eigenvalue weighted by Crippen LogP contribution is -2.46. The normalized spacial score (nSPS) is 12.4. The summed E-state index contributed by atoms with van der Waals surface area (Å²) in [6, 6.07) is 0. The van der Waals surface area contributed by atoms with Crippen LogP contribution in [0.25, 0.3) is 0 Å². The zero-order valence-electron chi connectivity index (χ0n) is 12.3. The number of hydrogen-bond acceptors (Lipinski definition) is 4. The van der Waals surface area contributed by atoms with Crippen LogP contribution >= 0.6 is 0 Å². The van der Waals surface area contributed by atoms with Crippen LogP contribution in [0.4, 0.5) is 0 Å². The number of nitrogens with one attached hydrogen (secondary N) is 2. The van der Waals surface area contributed by atoms with Crippen molar-refractivity contribution in [2.24, 2.45) is 5.73 Å². The van der Waals surface area contributed by atoms with Gasteiger partial charge in [0, 0.05) is 23.2 Å². The molecule has 0 aliphatic rings. The second kappa shape index (κ2) is 5.49. The lowest BCUT2D eigenvalue weighted by atomic mass is 10.0. The van der Waals surface area contributed by atoms with Crippen molar-refractivity contribution >= 4 is 21.9 Å². The highest BCUT2D eigenvalue weighted by atomic mass is 32.2. The number of hydrogen-bond donors (Lipinski definition) is 4. The first-order valence-corrected chi connectivity index (χ1v) is 7.60. The predicted octanol–water partition coefficient (Wildman–Crippen LogP) is 0.262. The molecule has 8 nitrogen and oxygen atoms in total. The van der Waals surface area contributed by atoms with Gasteiger partial charge in [0.1, 0.15) is 10.6 Å². The highest BCUT2D eigenvalue weighted by Crippen LogP contribution is 2.25. The van der Waals surface area contributed by atoms with Crippen molar-refractivity contribution in [1.29, 1.82) is 0 Å². The number of aromatic carboxylic acids is 1. The van der Waals surface area contributed by atoms with E-state index >= 15 is 0 Å². The molecule has 0 spiro atoms. The standard InChI is InChI=1S/C12H19N3O5S/c1-6-9(11(17)18)14-7(2)10(6)21(19,20)15-12(3,4)5-8(13)16/h14-15H,5H2,1-4H3,(H2,13,16)(H,17,18). The minimum atomic E-state index is -3.99. The zero-order valence-corrected chi connectivity index (χ0v) is 13.1. The third-order valence-corrected chi connectivity index (χ3v) is 4.85. The zero-order chi connectivity index (χ0) is 16.6. The summed E-state index contributed by atoms with van der Waals surface area (Å²) < 4.78 is 27.2. The molecule has 0 saturated carbocycles. The first kappa shape index (κ1) is 17.2. The van der Waals surface area contributed by atoms with E-state index in [9.17, 15) is 18.0 Å². The fourth-order valence-electron chi connectivity index (χ4n) is 2.24. The summed E-state index contributed by atoms with van der Waals surface area (Å²) in [5, 5.41) is 9.01. The van der Waals surface area contributed by atoms with Gasteiger partial charge in [-0.05, 0) is 27.7 Å². The molecule has 1 heterocycles. The van der Waals surface area contributed by atoms with Gasteiger partial charge < -0.3 is 15.8 Å². The third-order valence-electron chi connectivity index (χ3n) is 2.88. The number of rotatable bonds is 6. The summed E-state index contributed by atoms with van der Waals surface area (Å²) in [7, 11) is -3.99. The van der Waals surface area contributed by atoms with Crippen LogP contribution in [-0.2, 0) is 14.8 Å². The van der Waals surface area contributed by atoms with E-state index in [-0.39, 0.29) is 28.3 Å². The number of H-pyrrole nitrogens is 1. The largest absolute Gasteiger partial charge is 0.477 e. The van der Waals surface area contributed by atoms with E-state index in [0.29, 0.717) is 0 Å². The maximum Gasteiger partial charge on any atom is 0.352 e. The van der Waals surface area contributed by atoms with Crippen LogP contribution in [0.5, 0.6) is 0 Å². The van der Waals surface area contributed by atoms with Crippen LogP contribution < -0.4 is 10.5 Å². The Bertz CT molecular complexity index is 688. The number of aryl methyl sites for hydroxylation is 1. The van der Waals surface area contributed by atoms with Gasteiger partial charge >= 0.3 is 5.97 Å². The molecule has 21 heavy (non-hydrogen) atoms. The number of aromatic nitrogens is 1. The number of carboxylic acid groups (broad SMARTS) is 1. The van der Waals surface area contributed by atoms with E-state index in [0.717, 1.165) is 0 Å². The van der Waals surface area contributed by atoms with Crippen LogP contribution in [-0.4, -0.2) is 35.9 Å². The molecule has 0 aromatic carbocycles. The van der Waals surface area contributed by atoms with Gasteiger partial charge in [-0.2, -0.15) is 0 Å². The molecule has 5 N–H and O–H groups in total. The Balaban J connectivity index is 3.27. The SMILES string of the molecule is Cc1[nH]c(C(=O)O)c(C)c1S(=O)(=O)NC(C)(C)CC(N)=O. The number of amides is 1. The lowest BCUT2D eigenvalue weighted by molar-refractivity contribution is -0.119. The molecule has 0 radical (unpaired) electrons. The van der Waals surface area contributed by atoms with Gasteiger partial charge in [-0.25, -0.2) is 17.9 Å². The third kappa shape index (κ3) is 3.82. The van der Waals surface area contributed by atoms with Crippen LogP contribution in [0, 0.1) is 13.8 Å².